The van der Waals surface area contributed by atoms with Gasteiger partial charge >= 0.3 is 0 Å². The van der Waals surface area contributed by atoms with Gasteiger partial charge in [-0.15, -0.1) is 0 Å². The van der Waals surface area contributed by atoms with Crippen LogP contribution in [0.15, 0.2) is 35.3 Å². The maximum atomic E-state index is 12.5. The molecule has 1 aromatic carbocycles. The number of aromatic hydroxyl groups is 1. The summed E-state index contributed by atoms with van der Waals surface area (Å²) in [5.74, 6) is -0.890. The minimum Gasteiger partial charge on any atom is -0.503 e. The van der Waals surface area contributed by atoms with Crippen molar-refractivity contribution in [3.05, 3.63) is 62.0 Å². The van der Waals surface area contributed by atoms with Crippen LogP contribution in [0.2, 0.25) is 10.0 Å². The summed E-state index contributed by atoms with van der Waals surface area (Å²) < 4.78 is 1.59. The third-order valence-corrected chi connectivity index (χ3v) is 4.35. The van der Waals surface area contributed by atoms with Crippen molar-refractivity contribution in [1.82, 2.24) is 9.47 Å². The molecule has 0 atom stereocenters. The number of hydrogen-bond donors (Lipinski definition) is 1. The van der Waals surface area contributed by atoms with Crippen molar-refractivity contribution in [3.8, 4) is 5.75 Å². The lowest BCUT2D eigenvalue weighted by Gasteiger charge is -2.30. The molecule has 0 unspecified atom stereocenters. The number of rotatable bonds is 2. The molecule has 2 aromatic rings. The number of nitrogens with zero attached hydrogens (tertiary/aromatic N) is 2. The van der Waals surface area contributed by atoms with Gasteiger partial charge in [0.2, 0.25) is 5.43 Å². The minimum atomic E-state index is -0.559. The Bertz CT molecular complexity index is 817. The number of benzene rings is 1. The van der Waals surface area contributed by atoms with Crippen LogP contribution >= 0.6 is 23.2 Å². The average Bonchev–Trinajstić information content (AvgIpc) is 2.49. The summed E-state index contributed by atoms with van der Waals surface area (Å²) in [6.45, 7) is 1.32. The highest BCUT2D eigenvalue weighted by Gasteiger charge is 2.28. The van der Waals surface area contributed by atoms with E-state index in [-0.39, 0.29) is 11.6 Å². The van der Waals surface area contributed by atoms with Crippen LogP contribution in [0, 0.1) is 0 Å². The minimum absolute atomic E-state index is 0.0267. The molecule has 0 bridgehead atoms. The van der Waals surface area contributed by atoms with Crippen LogP contribution in [0.3, 0.4) is 0 Å². The van der Waals surface area contributed by atoms with E-state index in [1.54, 1.807) is 27.7 Å². The van der Waals surface area contributed by atoms with E-state index in [4.69, 9.17) is 23.2 Å². The Hall–Kier alpha value is -1.98. The lowest BCUT2D eigenvalue weighted by Crippen LogP contribution is -2.41. The van der Waals surface area contributed by atoms with Gasteiger partial charge in [0, 0.05) is 31.9 Å². The molecular weight excluding hydrogens is 327 g/mol. The van der Waals surface area contributed by atoms with E-state index in [9.17, 15) is 14.7 Å². The largest absolute Gasteiger partial charge is 0.503 e. The zero-order valence-corrected chi connectivity index (χ0v) is 12.9. The molecule has 0 spiro atoms. The molecule has 1 aliphatic rings. The van der Waals surface area contributed by atoms with Crippen LogP contribution in [0.25, 0.3) is 0 Å². The van der Waals surface area contributed by atoms with Gasteiger partial charge in [0.05, 0.1) is 10.0 Å². The van der Waals surface area contributed by atoms with Crippen molar-refractivity contribution in [2.75, 3.05) is 6.54 Å². The number of carbonyl (C=O) groups is 1. The third-order valence-electron chi connectivity index (χ3n) is 3.61. The van der Waals surface area contributed by atoms with Crippen molar-refractivity contribution in [3.63, 3.8) is 0 Å². The molecule has 0 radical (unpaired) electrons. The van der Waals surface area contributed by atoms with E-state index in [1.165, 1.54) is 12.3 Å². The summed E-state index contributed by atoms with van der Waals surface area (Å²) in [4.78, 5) is 25.6. The Morgan fingerprint density at radius 1 is 1.09 bits per heavy atom. The summed E-state index contributed by atoms with van der Waals surface area (Å²) in [5.41, 5.74) is 0.295. The van der Waals surface area contributed by atoms with Crippen LogP contribution in [0.5, 0.6) is 5.75 Å². The quantitative estimate of drug-likeness (QED) is 0.915. The lowest BCUT2D eigenvalue weighted by atomic mass is 10.1. The number of fused-ring (bicyclic) bond motifs is 1. The maximum absolute atomic E-state index is 12.5. The van der Waals surface area contributed by atoms with Crippen molar-refractivity contribution in [2.24, 2.45) is 0 Å². The van der Waals surface area contributed by atoms with Gasteiger partial charge in [-0.2, -0.15) is 0 Å². The van der Waals surface area contributed by atoms with Gasteiger partial charge in [0.1, 0.15) is 0 Å². The molecule has 1 N–H and O–H groups in total. The summed E-state index contributed by atoms with van der Waals surface area (Å²) in [6.07, 6.45) is 1.52. The lowest BCUT2D eigenvalue weighted by molar-refractivity contribution is 0.0683. The Morgan fingerprint density at radius 3 is 2.59 bits per heavy atom. The van der Waals surface area contributed by atoms with E-state index < -0.39 is 11.2 Å². The van der Waals surface area contributed by atoms with Crippen molar-refractivity contribution < 1.29 is 9.90 Å². The Balaban J connectivity index is 1.91. The van der Waals surface area contributed by atoms with Gasteiger partial charge in [0.25, 0.3) is 5.91 Å². The molecule has 2 heterocycles. The number of pyridine rings is 1. The molecule has 5 nitrogen and oxygen atoms in total. The summed E-state index contributed by atoms with van der Waals surface area (Å²) in [7, 11) is 0. The highest BCUT2D eigenvalue weighted by molar-refractivity contribution is 6.42. The first-order chi connectivity index (χ1) is 10.5. The van der Waals surface area contributed by atoms with Crippen LogP contribution < -0.4 is 5.43 Å². The van der Waals surface area contributed by atoms with Crippen LogP contribution in [-0.2, 0) is 13.1 Å². The first-order valence-electron chi connectivity index (χ1n) is 6.63. The van der Waals surface area contributed by atoms with E-state index >= 15 is 0 Å². The number of carbonyl (C=O) groups excluding carboxylic acids is 1. The second-order valence-corrected chi connectivity index (χ2v) is 5.86. The van der Waals surface area contributed by atoms with E-state index in [0.29, 0.717) is 29.7 Å². The fourth-order valence-electron chi connectivity index (χ4n) is 2.46. The zero-order valence-electron chi connectivity index (χ0n) is 11.4. The molecule has 0 saturated heterocycles. The van der Waals surface area contributed by atoms with Crippen LogP contribution in [0.4, 0.5) is 0 Å². The topological polar surface area (TPSA) is 62.5 Å². The molecule has 114 valence electrons. The van der Waals surface area contributed by atoms with Crippen molar-refractivity contribution in [2.45, 2.75) is 13.1 Å². The Labute approximate surface area is 136 Å². The molecule has 22 heavy (non-hydrogen) atoms. The monoisotopic (exact) mass is 338 g/mol. The fraction of sp³-hybridized carbons (Fsp3) is 0.200. The predicted molar refractivity (Wildman–Crippen MR) is 83.6 cm³/mol. The maximum Gasteiger partial charge on any atom is 0.274 e. The number of halogens is 2. The van der Waals surface area contributed by atoms with Crippen LogP contribution in [0.1, 0.15) is 16.1 Å². The molecule has 1 amide bonds. The van der Waals surface area contributed by atoms with Gasteiger partial charge in [0.15, 0.2) is 11.4 Å². The SMILES string of the molecule is O=C1c2c(O)c(=O)ccn2CCN1Cc1ccc(Cl)c(Cl)c1. The van der Waals surface area contributed by atoms with E-state index in [0.717, 1.165) is 5.56 Å². The first kappa shape index (κ1) is 14.9. The smallest absolute Gasteiger partial charge is 0.274 e. The van der Waals surface area contributed by atoms with Gasteiger partial charge in [-0.25, -0.2) is 0 Å². The van der Waals surface area contributed by atoms with E-state index in [2.05, 4.69) is 0 Å². The van der Waals surface area contributed by atoms with Gasteiger partial charge in [-0.1, -0.05) is 29.3 Å². The normalized spacial score (nSPS) is 14.1. The highest BCUT2D eigenvalue weighted by atomic mass is 35.5. The molecule has 0 saturated carbocycles. The Kier molecular flexibility index (Phi) is 3.85. The third kappa shape index (κ3) is 2.58. The second kappa shape index (κ2) is 5.66. The molecule has 1 aromatic heterocycles. The van der Waals surface area contributed by atoms with Crippen molar-refractivity contribution >= 4 is 29.1 Å². The second-order valence-electron chi connectivity index (χ2n) is 5.05. The number of aromatic nitrogens is 1. The molecular formula is C15H12Cl2N2O3. The number of hydrogen-bond acceptors (Lipinski definition) is 3. The summed E-state index contributed by atoms with van der Waals surface area (Å²) in [6, 6.07) is 6.40. The van der Waals surface area contributed by atoms with Gasteiger partial charge in [-0.3, -0.25) is 9.59 Å². The number of amides is 1. The first-order valence-corrected chi connectivity index (χ1v) is 7.38. The molecule has 0 fully saturated rings. The van der Waals surface area contributed by atoms with Gasteiger partial charge in [-0.05, 0) is 17.7 Å². The molecule has 0 aliphatic carbocycles. The molecule has 7 heteroatoms. The zero-order chi connectivity index (χ0) is 15.9. The van der Waals surface area contributed by atoms with E-state index in [1.807, 2.05) is 0 Å². The molecule has 3 rings (SSSR count). The molecule has 1 aliphatic heterocycles. The Morgan fingerprint density at radius 2 is 1.86 bits per heavy atom. The average molecular weight is 339 g/mol. The highest BCUT2D eigenvalue weighted by Crippen LogP contribution is 2.25. The summed E-state index contributed by atoms with van der Waals surface area (Å²) >= 11 is 11.8. The summed E-state index contributed by atoms with van der Waals surface area (Å²) in [5, 5.41) is 10.7. The van der Waals surface area contributed by atoms with Crippen molar-refractivity contribution in [1.29, 1.82) is 0 Å². The van der Waals surface area contributed by atoms with Gasteiger partial charge < -0.3 is 14.6 Å². The van der Waals surface area contributed by atoms with Crippen LogP contribution in [-0.4, -0.2) is 27.0 Å². The fourth-order valence-corrected chi connectivity index (χ4v) is 2.78. The standard InChI is InChI=1S/C15H12Cl2N2O3/c16-10-2-1-9(7-11(10)17)8-19-6-5-18-4-3-12(20)14(21)13(18)15(19)22/h1-4,7,21H,5-6,8H2. The predicted octanol–water partition coefficient (Wildman–Crippen LogP) is 2.52.